The van der Waals surface area contributed by atoms with Gasteiger partial charge in [-0.25, -0.2) is 0 Å². The lowest BCUT2D eigenvalue weighted by atomic mass is 10.1. The van der Waals surface area contributed by atoms with Gasteiger partial charge >= 0.3 is 0 Å². The summed E-state index contributed by atoms with van der Waals surface area (Å²) in [4.78, 5) is 26.9. The number of benzene rings is 2. The molecule has 3 N–H and O–H groups in total. The van der Waals surface area contributed by atoms with E-state index < -0.39 is 6.04 Å². The van der Waals surface area contributed by atoms with Crippen LogP contribution < -0.4 is 10.6 Å². The number of amides is 2. The molecule has 1 unspecified atom stereocenters. The Labute approximate surface area is 139 Å². The number of fused-ring (bicyclic) bond motifs is 3. The van der Waals surface area contributed by atoms with Crippen molar-refractivity contribution in [3.8, 4) is 0 Å². The molecule has 0 aliphatic carbocycles. The van der Waals surface area contributed by atoms with Gasteiger partial charge in [0.2, 0.25) is 11.8 Å². The molecule has 122 valence electrons. The molecule has 0 spiro atoms. The molecule has 5 heteroatoms. The van der Waals surface area contributed by atoms with Gasteiger partial charge in [-0.05, 0) is 30.5 Å². The number of aryl methyl sites for hydroxylation is 1. The molecule has 0 bridgehead atoms. The number of hydrogen-bond donors (Lipinski definition) is 3. The summed E-state index contributed by atoms with van der Waals surface area (Å²) in [6.45, 7) is 2.14. The first kappa shape index (κ1) is 14.8. The van der Waals surface area contributed by atoms with Gasteiger partial charge in [0.15, 0.2) is 0 Å². The summed E-state index contributed by atoms with van der Waals surface area (Å²) in [6, 6.07) is 11.8. The van der Waals surface area contributed by atoms with Crippen molar-refractivity contribution in [3.63, 3.8) is 0 Å². The second-order valence-corrected chi connectivity index (χ2v) is 6.23. The molecular weight excluding hydrogens is 302 g/mol. The molecule has 0 radical (unpaired) electrons. The van der Waals surface area contributed by atoms with Gasteiger partial charge < -0.3 is 15.6 Å². The van der Waals surface area contributed by atoms with Crippen LogP contribution >= 0.6 is 0 Å². The van der Waals surface area contributed by atoms with E-state index in [0.717, 1.165) is 28.5 Å². The van der Waals surface area contributed by atoms with Crippen molar-refractivity contribution in [2.75, 3.05) is 5.32 Å². The summed E-state index contributed by atoms with van der Waals surface area (Å²) in [5, 5.41) is 7.93. The van der Waals surface area contributed by atoms with Gasteiger partial charge in [-0.2, -0.15) is 0 Å². The molecule has 1 aliphatic rings. The third-order valence-corrected chi connectivity index (χ3v) is 4.68. The third kappa shape index (κ3) is 2.42. The maximum atomic E-state index is 12.2. The van der Waals surface area contributed by atoms with Crippen molar-refractivity contribution in [2.45, 2.75) is 32.2 Å². The molecule has 1 atom stereocenters. The van der Waals surface area contributed by atoms with Crippen LogP contribution in [0.5, 0.6) is 0 Å². The highest BCUT2D eigenvalue weighted by molar-refractivity contribution is 6.09. The third-order valence-electron chi connectivity index (χ3n) is 4.68. The molecule has 2 amide bonds. The van der Waals surface area contributed by atoms with E-state index in [2.05, 4.69) is 40.7 Å². The molecule has 4 rings (SSSR count). The van der Waals surface area contributed by atoms with Crippen molar-refractivity contribution < 1.29 is 9.59 Å². The Kier molecular flexibility index (Phi) is 3.49. The summed E-state index contributed by atoms with van der Waals surface area (Å²) in [5.41, 5.74) is 4.17. The zero-order chi connectivity index (χ0) is 16.7. The van der Waals surface area contributed by atoms with Gasteiger partial charge in [0.1, 0.15) is 6.04 Å². The number of aromatic amines is 1. The fourth-order valence-corrected chi connectivity index (χ4v) is 3.40. The molecule has 1 aromatic heterocycles. The lowest BCUT2D eigenvalue weighted by Crippen LogP contribution is -2.37. The van der Waals surface area contributed by atoms with Gasteiger partial charge in [0.25, 0.3) is 0 Å². The number of nitrogens with one attached hydrogen (secondary N) is 3. The fourth-order valence-electron chi connectivity index (χ4n) is 3.40. The topological polar surface area (TPSA) is 74.0 Å². The van der Waals surface area contributed by atoms with Gasteiger partial charge in [-0.15, -0.1) is 0 Å². The molecule has 2 aromatic carbocycles. The maximum Gasteiger partial charge on any atom is 0.246 e. The highest BCUT2D eigenvalue weighted by atomic mass is 16.2. The van der Waals surface area contributed by atoms with Gasteiger partial charge in [-0.1, -0.05) is 31.2 Å². The minimum atomic E-state index is -0.428. The van der Waals surface area contributed by atoms with E-state index in [9.17, 15) is 9.59 Å². The van der Waals surface area contributed by atoms with Crippen molar-refractivity contribution in [1.29, 1.82) is 0 Å². The van der Waals surface area contributed by atoms with E-state index >= 15 is 0 Å². The van der Waals surface area contributed by atoms with Crippen LogP contribution in [0.25, 0.3) is 21.8 Å². The number of aromatic nitrogens is 1. The zero-order valence-electron chi connectivity index (χ0n) is 13.5. The fraction of sp³-hybridized carbons (Fsp3) is 0.263. The number of H-pyrrole nitrogens is 1. The SMILES string of the molecule is CCc1cccc2c1[nH]c1cc(NC(=O)C3CCC(=O)N3)ccc12. The number of rotatable bonds is 3. The molecule has 24 heavy (non-hydrogen) atoms. The van der Waals surface area contributed by atoms with E-state index in [4.69, 9.17) is 0 Å². The van der Waals surface area contributed by atoms with Crippen molar-refractivity contribution in [2.24, 2.45) is 0 Å². The molecule has 5 nitrogen and oxygen atoms in total. The Balaban J connectivity index is 1.67. The second-order valence-electron chi connectivity index (χ2n) is 6.23. The van der Waals surface area contributed by atoms with Crippen LogP contribution in [0.3, 0.4) is 0 Å². The molecule has 3 aromatic rings. The average molecular weight is 321 g/mol. The number of carbonyl (C=O) groups is 2. The Bertz CT molecular complexity index is 958. The van der Waals surface area contributed by atoms with Crippen LogP contribution in [0.1, 0.15) is 25.3 Å². The monoisotopic (exact) mass is 321 g/mol. The maximum absolute atomic E-state index is 12.2. The molecule has 1 fully saturated rings. The van der Waals surface area contributed by atoms with Crippen molar-refractivity contribution >= 4 is 39.3 Å². The first-order valence-electron chi connectivity index (χ1n) is 8.29. The van der Waals surface area contributed by atoms with E-state index in [1.165, 1.54) is 10.9 Å². The summed E-state index contributed by atoms with van der Waals surface area (Å²) >= 11 is 0. The molecule has 0 saturated carbocycles. The lowest BCUT2D eigenvalue weighted by Gasteiger charge is -2.10. The minimum absolute atomic E-state index is 0.0617. The van der Waals surface area contributed by atoms with Crippen molar-refractivity contribution in [3.05, 3.63) is 42.0 Å². The van der Waals surface area contributed by atoms with Crippen LogP contribution in [0.4, 0.5) is 5.69 Å². The summed E-state index contributed by atoms with van der Waals surface area (Å²) in [5.74, 6) is -0.223. The number of anilines is 1. The first-order chi connectivity index (χ1) is 11.7. The predicted molar refractivity (Wildman–Crippen MR) is 95.0 cm³/mol. The number of hydrogen-bond acceptors (Lipinski definition) is 2. The Morgan fingerprint density at radius 2 is 2.12 bits per heavy atom. The highest BCUT2D eigenvalue weighted by Gasteiger charge is 2.27. The van der Waals surface area contributed by atoms with E-state index in [1.54, 1.807) is 0 Å². The van der Waals surface area contributed by atoms with Crippen LogP contribution in [0.15, 0.2) is 36.4 Å². The minimum Gasteiger partial charge on any atom is -0.354 e. The Morgan fingerprint density at radius 1 is 1.25 bits per heavy atom. The highest BCUT2D eigenvalue weighted by Crippen LogP contribution is 2.29. The predicted octanol–water partition coefficient (Wildman–Crippen LogP) is 3.10. The Hall–Kier alpha value is -2.82. The molecule has 1 aliphatic heterocycles. The quantitative estimate of drug-likeness (QED) is 0.693. The molecule has 2 heterocycles. The van der Waals surface area contributed by atoms with Crippen LogP contribution in [-0.2, 0) is 16.0 Å². The smallest absolute Gasteiger partial charge is 0.246 e. The average Bonchev–Trinajstić information content (AvgIpc) is 3.17. The van der Waals surface area contributed by atoms with Gasteiger partial charge in [0, 0.05) is 33.9 Å². The van der Waals surface area contributed by atoms with Crippen LogP contribution in [-0.4, -0.2) is 22.8 Å². The van der Waals surface area contributed by atoms with Crippen molar-refractivity contribution in [1.82, 2.24) is 10.3 Å². The molecular formula is C19H19N3O2. The number of carbonyl (C=O) groups excluding carboxylic acids is 2. The Morgan fingerprint density at radius 3 is 2.88 bits per heavy atom. The van der Waals surface area contributed by atoms with Crippen LogP contribution in [0.2, 0.25) is 0 Å². The normalized spacial score (nSPS) is 17.4. The summed E-state index contributed by atoms with van der Waals surface area (Å²) in [6.07, 6.45) is 1.94. The van der Waals surface area contributed by atoms with E-state index in [0.29, 0.717) is 12.8 Å². The lowest BCUT2D eigenvalue weighted by molar-refractivity contribution is -0.122. The second kappa shape index (κ2) is 5.67. The van der Waals surface area contributed by atoms with Crippen LogP contribution in [0, 0.1) is 0 Å². The van der Waals surface area contributed by atoms with Gasteiger partial charge in [-0.3, -0.25) is 9.59 Å². The van der Waals surface area contributed by atoms with Gasteiger partial charge in [0.05, 0.1) is 0 Å². The zero-order valence-corrected chi connectivity index (χ0v) is 13.5. The van der Waals surface area contributed by atoms with E-state index in [1.807, 2.05) is 18.2 Å². The largest absolute Gasteiger partial charge is 0.354 e. The van der Waals surface area contributed by atoms with E-state index in [-0.39, 0.29) is 11.8 Å². The molecule has 1 saturated heterocycles. The summed E-state index contributed by atoms with van der Waals surface area (Å²) in [7, 11) is 0. The standard InChI is InChI=1S/C19H19N3O2/c1-2-11-4-3-5-14-13-7-6-12(10-16(13)22-18(11)14)20-19(24)15-8-9-17(23)21-15/h3-7,10,15,22H,2,8-9H2,1H3,(H,20,24)(H,21,23). The first-order valence-corrected chi connectivity index (χ1v) is 8.29. The summed E-state index contributed by atoms with van der Waals surface area (Å²) < 4.78 is 0. The number of para-hydroxylation sites is 1.